The van der Waals surface area contributed by atoms with E-state index in [4.69, 9.17) is 15.6 Å². The van der Waals surface area contributed by atoms with Crippen LogP contribution in [0, 0.1) is 5.92 Å². The molecule has 8 heteroatoms. The number of ether oxygens (including phenoxy) is 1. The molecule has 0 radical (unpaired) electrons. The standard InChI is InChI=1S/C13H23F2NO4Si/c1-21(2,3)5-4-20-11(19)13(16,10(17)18)8-9-6-12(14,15)7-9/h9H,4-8,16H2,1-3H3,(H,17,18). The molecule has 3 N–H and O–H groups in total. The van der Waals surface area contributed by atoms with E-state index in [2.05, 4.69) is 19.6 Å². The van der Waals surface area contributed by atoms with E-state index < -0.39 is 50.2 Å². The Morgan fingerprint density at radius 2 is 1.90 bits per heavy atom. The second-order valence-electron chi connectivity index (χ2n) is 7.06. The molecule has 0 aromatic carbocycles. The minimum atomic E-state index is -2.77. The number of hydrogen-bond donors (Lipinski definition) is 2. The van der Waals surface area contributed by atoms with E-state index in [-0.39, 0.29) is 13.0 Å². The minimum absolute atomic E-state index is 0.113. The topological polar surface area (TPSA) is 89.6 Å². The lowest BCUT2D eigenvalue weighted by Gasteiger charge is -2.38. The molecular formula is C13H23F2NO4Si. The SMILES string of the molecule is C[Si](C)(C)CCOC(=O)C(N)(CC1CC(F)(F)C1)C(=O)O. The number of carboxylic acids is 1. The summed E-state index contributed by atoms with van der Waals surface area (Å²) in [4.78, 5) is 23.2. The highest BCUT2D eigenvalue weighted by Gasteiger charge is 2.53. The summed E-state index contributed by atoms with van der Waals surface area (Å²) in [6.07, 6.45) is -1.17. The zero-order chi connectivity index (χ0) is 16.5. The van der Waals surface area contributed by atoms with E-state index in [9.17, 15) is 18.4 Å². The molecule has 21 heavy (non-hydrogen) atoms. The molecule has 1 unspecified atom stereocenters. The fourth-order valence-corrected chi connectivity index (χ4v) is 2.94. The van der Waals surface area contributed by atoms with Crippen LogP contribution in [0.5, 0.6) is 0 Å². The Hall–Kier alpha value is -1.02. The first kappa shape index (κ1) is 18.0. The highest BCUT2D eigenvalue weighted by atomic mass is 28.3. The number of carbonyl (C=O) groups excluding carboxylic acids is 1. The first-order chi connectivity index (χ1) is 9.36. The van der Waals surface area contributed by atoms with Crippen LogP contribution in [-0.4, -0.2) is 43.2 Å². The Kier molecular flexibility index (Phi) is 5.15. The molecule has 1 fully saturated rings. The van der Waals surface area contributed by atoms with Crippen molar-refractivity contribution in [1.29, 1.82) is 0 Å². The van der Waals surface area contributed by atoms with Crippen LogP contribution >= 0.6 is 0 Å². The third-order valence-electron chi connectivity index (χ3n) is 3.62. The lowest BCUT2D eigenvalue weighted by molar-refractivity contribution is -0.166. The van der Waals surface area contributed by atoms with Gasteiger partial charge in [0, 0.05) is 20.9 Å². The Balaban J connectivity index is 2.59. The largest absolute Gasteiger partial charge is 0.479 e. The number of esters is 1. The molecule has 1 rings (SSSR count). The monoisotopic (exact) mass is 323 g/mol. The zero-order valence-electron chi connectivity index (χ0n) is 12.6. The Morgan fingerprint density at radius 3 is 2.29 bits per heavy atom. The summed E-state index contributed by atoms with van der Waals surface area (Å²) in [5.74, 6) is -5.91. The van der Waals surface area contributed by atoms with Crippen molar-refractivity contribution in [3.8, 4) is 0 Å². The van der Waals surface area contributed by atoms with Crippen molar-refractivity contribution in [3.05, 3.63) is 0 Å². The minimum Gasteiger partial charge on any atom is -0.479 e. The molecule has 0 saturated heterocycles. The molecule has 0 aromatic heterocycles. The van der Waals surface area contributed by atoms with Gasteiger partial charge in [-0.05, 0) is 18.4 Å². The van der Waals surface area contributed by atoms with Crippen LogP contribution in [0.4, 0.5) is 8.78 Å². The van der Waals surface area contributed by atoms with Crippen LogP contribution in [0.15, 0.2) is 0 Å². The maximum Gasteiger partial charge on any atom is 0.337 e. The number of carboxylic acid groups (broad SMARTS) is 1. The molecule has 5 nitrogen and oxygen atoms in total. The van der Waals surface area contributed by atoms with Gasteiger partial charge in [-0.1, -0.05) is 19.6 Å². The predicted octanol–water partition coefficient (Wildman–Crippen LogP) is 2.09. The van der Waals surface area contributed by atoms with Crippen molar-refractivity contribution in [3.63, 3.8) is 0 Å². The van der Waals surface area contributed by atoms with Gasteiger partial charge in [-0.15, -0.1) is 0 Å². The zero-order valence-corrected chi connectivity index (χ0v) is 13.6. The normalized spacial score (nSPS) is 21.2. The summed E-state index contributed by atoms with van der Waals surface area (Å²) in [7, 11) is -1.42. The Morgan fingerprint density at radius 1 is 1.38 bits per heavy atom. The van der Waals surface area contributed by atoms with Gasteiger partial charge in [-0.25, -0.2) is 18.4 Å². The number of aliphatic carboxylic acids is 1. The van der Waals surface area contributed by atoms with E-state index in [1.165, 1.54) is 0 Å². The van der Waals surface area contributed by atoms with E-state index in [0.717, 1.165) is 0 Å². The average Bonchev–Trinajstić information content (AvgIpc) is 2.23. The van der Waals surface area contributed by atoms with Gasteiger partial charge < -0.3 is 15.6 Å². The first-order valence-electron chi connectivity index (χ1n) is 6.93. The van der Waals surface area contributed by atoms with Crippen LogP contribution in [-0.2, 0) is 14.3 Å². The van der Waals surface area contributed by atoms with E-state index in [1.54, 1.807) is 0 Å². The predicted molar refractivity (Wildman–Crippen MR) is 76.0 cm³/mol. The number of carbonyl (C=O) groups is 2. The van der Waals surface area contributed by atoms with Gasteiger partial charge in [-0.2, -0.15) is 0 Å². The summed E-state index contributed by atoms with van der Waals surface area (Å²) < 4.78 is 30.6. The molecule has 0 heterocycles. The molecule has 0 aliphatic heterocycles. The number of hydrogen-bond acceptors (Lipinski definition) is 4. The first-order valence-corrected chi connectivity index (χ1v) is 10.6. The maximum atomic E-state index is 12.8. The van der Waals surface area contributed by atoms with Crippen molar-refractivity contribution in [2.75, 3.05) is 6.61 Å². The van der Waals surface area contributed by atoms with Crippen molar-refractivity contribution < 1.29 is 28.2 Å². The molecule has 0 spiro atoms. The quantitative estimate of drug-likeness (QED) is 0.425. The van der Waals surface area contributed by atoms with Gasteiger partial charge in [0.1, 0.15) is 0 Å². The smallest absolute Gasteiger partial charge is 0.337 e. The molecule has 1 aliphatic rings. The van der Waals surface area contributed by atoms with Crippen LogP contribution in [0.2, 0.25) is 25.7 Å². The van der Waals surface area contributed by atoms with Gasteiger partial charge in [-0.3, -0.25) is 0 Å². The van der Waals surface area contributed by atoms with Gasteiger partial charge in [0.2, 0.25) is 11.5 Å². The maximum absolute atomic E-state index is 12.8. The van der Waals surface area contributed by atoms with Crippen LogP contribution in [0.1, 0.15) is 19.3 Å². The second-order valence-corrected chi connectivity index (χ2v) is 12.7. The fourth-order valence-electron chi connectivity index (χ4n) is 2.22. The Labute approximate surface area is 123 Å². The molecule has 1 atom stereocenters. The molecule has 0 aromatic rings. The van der Waals surface area contributed by atoms with Gasteiger partial charge in [0.15, 0.2) is 0 Å². The van der Waals surface area contributed by atoms with E-state index in [1.807, 2.05) is 0 Å². The molecule has 1 aliphatic carbocycles. The van der Waals surface area contributed by atoms with Crippen molar-refractivity contribution >= 4 is 20.0 Å². The van der Waals surface area contributed by atoms with Crippen LogP contribution in [0.3, 0.4) is 0 Å². The van der Waals surface area contributed by atoms with Crippen LogP contribution in [0.25, 0.3) is 0 Å². The highest BCUT2D eigenvalue weighted by molar-refractivity contribution is 6.76. The number of halogens is 2. The van der Waals surface area contributed by atoms with Crippen molar-refractivity contribution in [2.45, 2.75) is 56.4 Å². The summed E-state index contributed by atoms with van der Waals surface area (Å²) >= 11 is 0. The molecule has 0 amide bonds. The number of rotatable bonds is 7. The second kappa shape index (κ2) is 6.00. The summed E-state index contributed by atoms with van der Waals surface area (Å²) in [5, 5.41) is 9.16. The molecule has 1 saturated carbocycles. The molecule has 122 valence electrons. The van der Waals surface area contributed by atoms with Gasteiger partial charge >= 0.3 is 11.9 Å². The fraction of sp³-hybridized carbons (Fsp3) is 0.846. The van der Waals surface area contributed by atoms with Gasteiger partial charge in [0.25, 0.3) is 0 Å². The number of alkyl halides is 2. The van der Waals surface area contributed by atoms with Gasteiger partial charge in [0.05, 0.1) is 6.61 Å². The highest BCUT2D eigenvalue weighted by Crippen LogP contribution is 2.45. The lowest BCUT2D eigenvalue weighted by atomic mass is 9.73. The average molecular weight is 323 g/mol. The summed E-state index contributed by atoms with van der Waals surface area (Å²) in [6, 6.07) is 0.690. The summed E-state index contributed by atoms with van der Waals surface area (Å²) in [6.45, 7) is 6.38. The Bertz CT molecular complexity index is 417. The van der Waals surface area contributed by atoms with E-state index in [0.29, 0.717) is 6.04 Å². The van der Waals surface area contributed by atoms with Crippen molar-refractivity contribution in [2.24, 2.45) is 11.7 Å². The third-order valence-corrected chi connectivity index (χ3v) is 5.32. The number of nitrogens with two attached hydrogens (primary N) is 1. The molecular weight excluding hydrogens is 300 g/mol. The molecule has 0 bridgehead atoms. The lowest BCUT2D eigenvalue weighted by Crippen LogP contribution is -2.58. The van der Waals surface area contributed by atoms with E-state index >= 15 is 0 Å². The third kappa shape index (κ3) is 5.03. The summed E-state index contributed by atoms with van der Waals surface area (Å²) in [5.41, 5.74) is 3.39. The van der Waals surface area contributed by atoms with Crippen LogP contribution < -0.4 is 5.73 Å². The van der Waals surface area contributed by atoms with Crippen molar-refractivity contribution in [1.82, 2.24) is 0 Å².